The van der Waals surface area contributed by atoms with Crippen LogP contribution in [0.4, 0.5) is 4.39 Å². The van der Waals surface area contributed by atoms with Crippen molar-refractivity contribution in [3.05, 3.63) is 53.8 Å². The molecule has 1 aliphatic rings. The molecule has 1 aromatic heterocycles. The molecular formula is C20H21FN4O3S2. The first kappa shape index (κ1) is 20.8. The van der Waals surface area contributed by atoms with Gasteiger partial charge in [0.25, 0.3) is 0 Å². The number of rotatable bonds is 6. The molecule has 1 saturated heterocycles. The van der Waals surface area contributed by atoms with Crippen LogP contribution in [0.1, 0.15) is 18.4 Å². The Hall–Kier alpha value is -2.43. The molecular weight excluding hydrogens is 427 g/mol. The normalized spacial score (nSPS) is 17.8. The highest BCUT2D eigenvalue weighted by Gasteiger charge is 2.34. The number of hydrogen-bond donors (Lipinski definition) is 1. The Morgan fingerprint density at radius 1 is 1.20 bits per heavy atom. The van der Waals surface area contributed by atoms with Gasteiger partial charge in [-0.1, -0.05) is 24.3 Å². The highest BCUT2D eigenvalue weighted by molar-refractivity contribution is 7.89. The Balaban J connectivity index is 1.42. The van der Waals surface area contributed by atoms with Gasteiger partial charge in [-0.3, -0.25) is 4.79 Å². The summed E-state index contributed by atoms with van der Waals surface area (Å²) in [7, 11) is -3.79. The van der Waals surface area contributed by atoms with E-state index in [1.54, 1.807) is 30.3 Å². The molecule has 0 radical (unpaired) electrons. The predicted molar refractivity (Wildman–Crippen MR) is 112 cm³/mol. The Bertz CT molecular complexity index is 1170. The zero-order valence-electron chi connectivity index (χ0n) is 16.1. The minimum absolute atomic E-state index is 0.113. The summed E-state index contributed by atoms with van der Waals surface area (Å²) < 4.78 is 49.7. The molecule has 2 aromatic carbocycles. The zero-order chi connectivity index (χ0) is 21.1. The van der Waals surface area contributed by atoms with Crippen molar-refractivity contribution in [1.82, 2.24) is 18.4 Å². The second-order valence-corrected chi connectivity index (χ2v) is 9.66. The summed E-state index contributed by atoms with van der Waals surface area (Å²) in [5.41, 5.74) is 1.44. The molecule has 0 unspecified atom stereocenters. The molecule has 3 aromatic rings. The van der Waals surface area contributed by atoms with E-state index in [2.05, 4.69) is 14.1 Å². The predicted octanol–water partition coefficient (Wildman–Crippen LogP) is 2.59. The van der Waals surface area contributed by atoms with E-state index in [9.17, 15) is 17.6 Å². The maximum absolute atomic E-state index is 13.7. The van der Waals surface area contributed by atoms with Crippen LogP contribution < -0.4 is 5.32 Å². The van der Waals surface area contributed by atoms with E-state index in [4.69, 9.17) is 0 Å². The summed E-state index contributed by atoms with van der Waals surface area (Å²) in [5, 5.41) is 2.82. The fraction of sp³-hybridized carbons (Fsp3) is 0.350. The van der Waals surface area contributed by atoms with Crippen molar-refractivity contribution in [2.75, 3.05) is 19.6 Å². The smallest absolute Gasteiger partial charge is 0.245 e. The van der Waals surface area contributed by atoms with Crippen molar-refractivity contribution in [1.29, 1.82) is 0 Å². The summed E-state index contributed by atoms with van der Waals surface area (Å²) in [6.07, 6.45) is 1.59. The summed E-state index contributed by atoms with van der Waals surface area (Å²) in [6.45, 7) is 0.768. The third-order valence-corrected chi connectivity index (χ3v) is 7.71. The van der Waals surface area contributed by atoms with E-state index < -0.39 is 15.9 Å². The molecule has 0 saturated carbocycles. The standard InChI is InChI=1S/C20H21FN4O3S2/c21-16-7-2-1-5-14(16)10-11-22-20(26)15-6-4-12-25(13-15)30(27,28)18-9-3-8-17-19(18)24-29-23-17/h1-3,5,7-9,15H,4,6,10-13H2,(H,22,26)/t15-/m0/s1. The number of hydrogen-bond acceptors (Lipinski definition) is 6. The third-order valence-electron chi connectivity index (χ3n) is 5.27. The lowest BCUT2D eigenvalue weighted by atomic mass is 9.99. The van der Waals surface area contributed by atoms with Gasteiger partial charge in [0.2, 0.25) is 15.9 Å². The first-order valence-corrected chi connectivity index (χ1v) is 11.9. The van der Waals surface area contributed by atoms with Gasteiger partial charge in [-0.2, -0.15) is 13.1 Å². The summed E-state index contributed by atoms with van der Waals surface area (Å²) in [5.74, 6) is -0.950. The van der Waals surface area contributed by atoms with Crippen LogP contribution in [0, 0.1) is 11.7 Å². The van der Waals surface area contributed by atoms with Crippen LogP contribution in [0.25, 0.3) is 11.0 Å². The summed E-state index contributed by atoms with van der Waals surface area (Å²) in [4.78, 5) is 12.7. The van der Waals surface area contributed by atoms with Gasteiger partial charge in [-0.05, 0) is 43.0 Å². The largest absolute Gasteiger partial charge is 0.355 e. The minimum atomic E-state index is -3.79. The number of nitrogens with zero attached hydrogens (tertiary/aromatic N) is 3. The Morgan fingerprint density at radius 3 is 2.87 bits per heavy atom. The number of fused-ring (bicyclic) bond motifs is 1. The first-order chi connectivity index (χ1) is 14.5. The Kier molecular flexibility index (Phi) is 6.07. The fourth-order valence-electron chi connectivity index (χ4n) is 3.67. The highest BCUT2D eigenvalue weighted by Crippen LogP contribution is 2.28. The van der Waals surface area contributed by atoms with Gasteiger partial charge in [-0.25, -0.2) is 12.8 Å². The first-order valence-electron chi connectivity index (χ1n) is 9.69. The van der Waals surface area contributed by atoms with Gasteiger partial charge in [0.1, 0.15) is 21.7 Å². The van der Waals surface area contributed by atoms with Crippen LogP contribution in [-0.2, 0) is 21.2 Å². The minimum Gasteiger partial charge on any atom is -0.355 e. The van der Waals surface area contributed by atoms with Crippen molar-refractivity contribution < 1.29 is 17.6 Å². The second-order valence-electron chi connectivity index (χ2n) is 7.22. The molecule has 0 spiro atoms. The fourth-order valence-corrected chi connectivity index (χ4v) is 5.95. The molecule has 1 atom stereocenters. The van der Waals surface area contributed by atoms with Gasteiger partial charge in [0, 0.05) is 19.6 Å². The lowest BCUT2D eigenvalue weighted by Gasteiger charge is -2.31. The number of nitrogens with one attached hydrogen (secondary N) is 1. The van der Waals surface area contributed by atoms with Gasteiger partial charge in [0.05, 0.1) is 17.6 Å². The van der Waals surface area contributed by atoms with Crippen LogP contribution in [0.2, 0.25) is 0 Å². The van der Waals surface area contributed by atoms with Gasteiger partial charge in [-0.15, -0.1) is 0 Å². The molecule has 30 heavy (non-hydrogen) atoms. The average Bonchev–Trinajstić information content (AvgIpc) is 3.24. The van der Waals surface area contributed by atoms with Gasteiger partial charge < -0.3 is 5.32 Å². The SMILES string of the molecule is O=C(NCCc1ccccc1F)[C@H]1CCCN(S(=O)(=O)c2cccc3nsnc23)C1. The second kappa shape index (κ2) is 8.75. The molecule has 7 nitrogen and oxygen atoms in total. The number of amides is 1. The average molecular weight is 449 g/mol. The number of halogens is 1. The molecule has 0 aliphatic carbocycles. The molecule has 2 heterocycles. The Labute approximate surface area is 178 Å². The van der Waals surface area contributed by atoms with Crippen LogP contribution in [-0.4, -0.2) is 47.0 Å². The maximum atomic E-state index is 13.7. The zero-order valence-corrected chi connectivity index (χ0v) is 17.8. The van der Waals surface area contributed by atoms with E-state index in [0.717, 1.165) is 11.7 Å². The molecule has 1 amide bonds. The quantitative estimate of drug-likeness (QED) is 0.626. The molecule has 4 rings (SSSR count). The van der Waals surface area contributed by atoms with Crippen LogP contribution >= 0.6 is 11.7 Å². The molecule has 1 N–H and O–H groups in total. The molecule has 1 fully saturated rings. The van der Waals surface area contributed by atoms with Crippen molar-refractivity contribution in [3.63, 3.8) is 0 Å². The van der Waals surface area contributed by atoms with E-state index in [1.807, 2.05) is 0 Å². The number of benzene rings is 2. The van der Waals surface area contributed by atoms with Crippen LogP contribution in [0.15, 0.2) is 47.4 Å². The van der Waals surface area contributed by atoms with Crippen LogP contribution in [0.3, 0.4) is 0 Å². The summed E-state index contributed by atoms with van der Waals surface area (Å²) >= 11 is 0.970. The topological polar surface area (TPSA) is 92.3 Å². The lowest BCUT2D eigenvalue weighted by Crippen LogP contribution is -2.45. The van der Waals surface area contributed by atoms with Gasteiger partial charge >= 0.3 is 0 Å². The van der Waals surface area contributed by atoms with Crippen molar-refractivity contribution in [2.24, 2.45) is 5.92 Å². The van der Waals surface area contributed by atoms with Crippen molar-refractivity contribution >= 4 is 38.7 Å². The van der Waals surface area contributed by atoms with Crippen molar-refractivity contribution in [2.45, 2.75) is 24.2 Å². The highest BCUT2D eigenvalue weighted by atomic mass is 32.2. The summed E-state index contributed by atoms with van der Waals surface area (Å²) in [6, 6.07) is 11.3. The lowest BCUT2D eigenvalue weighted by molar-refractivity contribution is -0.126. The third kappa shape index (κ3) is 4.21. The molecule has 10 heteroatoms. The maximum Gasteiger partial charge on any atom is 0.245 e. The molecule has 158 valence electrons. The van der Waals surface area contributed by atoms with E-state index in [1.165, 1.54) is 16.4 Å². The number of sulfonamides is 1. The van der Waals surface area contributed by atoms with E-state index in [-0.39, 0.29) is 23.2 Å². The monoisotopic (exact) mass is 448 g/mol. The number of carbonyl (C=O) groups is 1. The van der Waals surface area contributed by atoms with E-state index >= 15 is 0 Å². The molecule has 0 bridgehead atoms. The van der Waals surface area contributed by atoms with Crippen LogP contribution in [0.5, 0.6) is 0 Å². The van der Waals surface area contributed by atoms with Gasteiger partial charge in [0.15, 0.2) is 0 Å². The number of aromatic nitrogens is 2. The number of carbonyl (C=O) groups excluding carboxylic acids is 1. The number of piperidine rings is 1. The Morgan fingerprint density at radius 2 is 2.03 bits per heavy atom. The molecule has 1 aliphatic heterocycles. The van der Waals surface area contributed by atoms with Crippen molar-refractivity contribution in [3.8, 4) is 0 Å². The van der Waals surface area contributed by atoms with E-state index in [0.29, 0.717) is 48.9 Å².